The molecule has 0 amide bonds. The Hall–Kier alpha value is -2.42. The van der Waals surface area contributed by atoms with Gasteiger partial charge in [-0.25, -0.2) is 8.42 Å². The highest BCUT2D eigenvalue weighted by atomic mass is 32.2. The average Bonchev–Trinajstić information content (AvgIpc) is 2.48. The van der Waals surface area contributed by atoms with E-state index in [1.807, 2.05) is 6.92 Å². The lowest BCUT2D eigenvalue weighted by Gasteiger charge is -2.11. The summed E-state index contributed by atoms with van der Waals surface area (Å²) in [7, 11) is -3.93. The van der Waals surface area contributed by atoms with Crippen LogP contribution in [0.25, 0.3) is 0 Å². The van der Waals surface area contributed by atoms with Gasteiger partial charge in [-0.15, -0.1) is 13.2 Å². The van der Waals surface area contributed by atoms with Crippen molar-refractivity contribution >= 4 is 15.7 Å². The predicted molar refractivity (Wildman–Crippen MR) is 81.5 cm³/mol. The molecule has 0 heterocycles. The molecule has 0 atom stereocenters. The zero-order valence-electron chi connectivity index (χ0n) is 12.5. The molecule has 2 aromatic rings. The van der Waals surface area contributed by atoms with Crippen LogP contribution in [0.15, 0.2) is 53.4 Å². The van der Waals surface area contributed by atoms with Gasteiger partial charge in [0.2, 0.25) is 0 Å². The molecule has 0 fully saturated rings. The summed E-state index contributed by atoms with van der Waals surface area (Å²) in [5.74, 6) is 0.0941. The normalized spacial score (nSPS) is 11.8. The summed E-state index contributed by atoms with van der Waals surface area (Å²) in [6.07, 6.45) is -4.83. The minimum absolute atomic E-state index is 0.189. The lowest BCUT2D eigenvalue weighted by atomic mass is 10.3. The minimum Gasteiger partial charge on any atom is -0.494 e. The minimum atomic E-state index is -4.83. The number of halogens is 3. The second kappa shape index (κ2) is 7.00. The molecule has 0 saturated carbocycles. The molecule has 9 heteroatoms. The molecule has 0 spiro atoms. The molecule has 2 aromatic carbocycles. The molecule has 0 bridgehead atoms. The van der Waals surface area contributed by atoms with Crippen molar-refractivity contribution in [3.05, 3.63) is 48.5 Å². The topological polar surface area (TPSA) is 64.6 Å². The van der Waals surface area contributed by atoms with E-state index in [0.29, 0.717) is 18.0 Å². The molecule has 0 aliphatic rings. The number of ether oxygens (including phenoxy) is 2. The Morgan fingerprint density at radius 1 is 0.958 bits per heavy atom. The van der Waals surface area contributed by atoms with Crippen molar-refractivity contribution in [3.8, 4) is 11.5 Å². The van der Waals surface area contributed by atoms with Gasteiger partial charge in [0.1, 0.15) is 11.5 Å². The van der Waals surface area contributed by atoms with Crippen molar-refractivity contribution in [1.29, 1.82) is 0 Å². The highest BCUT2D eigenvalue weighted by molar-refractivity contribution is 7.92. The summed E-state index contributed by atoms with van der Waals surface area (Å²) < 4.78 is 71.9. The first-order valence-electron chi connectivity index (χ1n) is 6.81. The fourth-order valence-electron chi connectivity index (χ4n) is 1.82. The zero-order valence-corrected chi connectivity index (χ0v) is 13.3. The lowest BCUT2D eigenvalue weighted by Crippen LogP contribution is -2.17. The summed E-state index contributed by atoms with van der Waals surface area (Å²) >= 11 is 0. The molecule has 5 nitrogen and oxygen atoms in total. The van der Waals surface area contributed by atoms with Crippen molar-refractivity contribution in [1.82, 2.24) is 0 Å². The van der Waals surface area contributed by atoms with Gasteiger partial charge >= 0.3 is 6.36 Å². The van der Waals surface area contributed by atoms with Gasteiger partial charge in [-0.1, -0.05) is 0 Å². The third-order valence-electron chi connectivity index (χ3n) is 2.79. The van der Waals surface area contributed by atoms with Gasteiger partial charge in [-0.05, 0) is 55.5 Å². The maximum atomic E-state index is 12.2. The quantitative estimate of drug-likeness (QED) is 0.850. The van der Waals surface area contributed by atoms with Crippen molar-refractivity contribution in [2.75, 3.05) is 11.3 Å². The van der Waals surface area contributed by atoms with Crippen LogP contribution in [0.4, 0.5) is 18.9 Å². The fraction of sp³-hybridized carbons (Fsp3) is 0.200. The number of alkyl halides is 3. The number of sulfonamides is 1. The van der Waals surface area contributed by atoms with Crippen LogP contribution in [-0.4, -0.2) is 21.4 Å². The van der Waals surface area contributed by atoms with E-state index in [2.05, 4.69) is 9.46 Å². The highest BCUT2D eigenvalue weighted by Gasteiger charge is 2.31. The molecular formula is C15H14F3NO4S. The van der Waals surface area contributed by atoms with E-state index < -0.39 is 22.1 Å². The van der Waals surface area contributed by atoms with E-state index in [9.17, 15) is 21.6 Å². The third-order valence-corrected chi connectivity index (χ3v) is 4.18. The molecule has 0 aliphatic heterocycles. The number of hydrogen-bond donors (Lipinski definition) is 1. The number of anilines is 1. The Bertz CT molecular complexity index is 772. The molecule has 0 unspecified atom stereocenters. The number of nitrogens with one attached hydrogen (secondary N) is 1. The fourth-order valence-corrected chi connectivity index (χ4v) is 2.88. The smallest absolute Gasteiger partial charge is 0.494 e. The molecule has 0 radical (unpaired) electrons. The van der Waals surface area contributed by atoms with Crippen LogP contribution in [0, 0.1) is 0 Å². The summed E-state index contributed by atoms with van der Waals surface area (Å²) in [5.41, 5.74) is 0.300. The van der Waals surface area contributed by atoms with Crippen molar-refractivity contribution < 1.29 is 31.1 Å². The number of rotatable bonds is 6. The zero-order chi connectivity index (χ0) is 17.8. The van der Waals surface area contributed by atoms with Crippen LogP contribution < -0.4 is 14.2 Å². The Kier molecular flexibility index (Phi) is 5.23. The van der Waals surface area contributed by atoms with Gasteiger partial charge in [0.25, 0.3) is 10.0 Å². The first-order chi connectivity index (χ1) is 11.2. The van der Waals surface area contributed by atoms with Gasteiger partial charge in [0.05, 0.1) is 11.5 Å². The molecule has 0 saturated heterocycles. The van der Waals surface area contributed by atoms with E-state index >= 15 is 0 Å². The summed E-state index contributed by atoms with van der Waals surface area (Å²) in [6.45, 7) is 2.31. The lowest BCUT2D eigenvalue weighted by molar-refractivity contribution is -0.274. The van der Waals surface area contributed by atoms with Crippen LogP contribution in [0.5, 0.6) is 11.5 Å². The molecule has 1 N–H and O–H groups in total. The Labute approximate surface area is 137 Å². The van der Waals surface area contributed by atoms with Crippen molar-refractivity contribution in [3.63, 3.8) is 0 Å². The molecule has 2 rings (SSSR count). The third kappa shape index (κ3) is 5.05. The largest absolute Gasteiger partial charge is 0.573 e. The number of benzene rings is 2. The van der Waals surface area contributed by atoms with Gasteiger partial charge in [0, 0.05) is 5.69 Å². The molecular weight excluding hydrogens is 347 g/mol. The van der Waals surface area contributed by atoms with Crippen LogP contribution in [0.1, 0.15) is 6.92 Å². The summed E-state index contributed by atoms with van der Waals surface area (Å²) in [4.78, 5) is -0.189. The van der Waals surface area contributed by atoms with Crippen LogP contribution >= 0.6 is 0 Å². The van der Waals surface area contributed by atoms with E-state index in [0.717, 1.165) is 24.3 Å². The molecule has 130 valence electrons. The molecule has 0 aromatic heterocycles. The Balaban J connectivity index is 2.12. The van der Waals surface area contributed by atoms with Crippen molar-refractivity contribution in [2.45, 2.75) is 18.2 Å². The average molecular weight is 361 g/mol. The monoisotopic (exact) mass is 361 g/mol. The number of hydrogen-bond acceptors (Lipinski definition) is 4. The van der Waals surface area contributed by atoms with Crippen LogP contribution in [-0.2, 0) is 10.0 Å². The van der Waals surface area contributed by atoms with E-state index in [4.69, 9.17) is 4.74 Å². The maximum absolute atomic E-state index is 12.2. The van der Waals surface area contributed by atoms with Gasteiger partial charge in [0.15, 0.2) is 0 Å². The van der Waals surface area contributed by atoms with Crippen LogP contribution in [0.2, 0.25) is 0 Å². The maximum Gasteiger partial charge on any atom is 0.573 e. The second-order valence-corrected chi connectivity index (χ2v) is 6.26. The summed E-state index contributed by atoms with van der Waals surface area (Å²) in [5, 5.41) is 0. The summed E-state index contributed by atoms with van der Waals surface area (Å²) in [6, 6.07) is 10.1. The van der Waals surface area contributed by atoms with Gasteiger partial charge in [-0.3, -0.25) is 4.72 Å². The van der Waals surface area contributed by atoms with E-state index in [1.165, 1.54) is 12.1 Å². The molecule has 24 heavy (non-hydrogen) atoms. The Morgan fingerprint density at radius 2 is 1.50 bits per heavy atom. The standard InChI is InChI=1S/C15H14F3NO4S/c1-2-22-12-5-3-11(4-6-12)19-24(20,21)14-9-7-13(8-10-14)23-15(16,17)18/h3-10,19H,2H2,1H3. The first kappa shape index (κ1) is 17.9. The van der Waals surface area contributed by atoms with Crippen LogP contribution in [0.3, 0.4) is 0 Å². The SMILES string of the molecule is CCOc1ccc(NS(=O)(=O)c2ccc(OC(F)(F)F)cc2)cc1. The molecule has 0 aliphatic carbocycles. The van der Waals surface area contributed by atoms with E-state index in [1.54, 1.807) is 12.1 Å². The highest BCUT2D eigenvalue weighted by Crippen LogP contribution is 2.25. The Morgan fingerprint density at radius 3 is 2.00 bits per heavy atom. The van der Waals surface area contributed by atoms with Gasteiger partial charge in [-0.2, -0.15) is 0 Å². The van der Waals surface area contributed by atoms with Crippen molar-refractivity contribution in [2.24, 2.45) is 0 Å². The second-order valence-electron chi connectivity index (χ2n) is 4.58. The van der Waals surface area contributed by atoms with Gasteiger partial charge < -0.3 is 9.47 Å². The van der Waals surface area contributed by atoms with E-state index in [-0.39, 0.29) is 4.90 Å². The first-order valence-corrected chi connectivity index (χ1v) is 8.29. The predicted octanol–water partition coefficient (Wildman–Crippen LogP) is 3.78.